The van der Waals surface area contributed by atoms with Crippen LogP contribution >= 0.6 is 0 Å². The van der Waals surface area contributed by atoms with Crippen LogP contribution in [-0.4, -0.2) is 31.9 Å². The Labute approximate surface area is 44.9 Å². The fourth-order valence-corrected chi connectivity index (χ4v) is 0.245. The van der Waals surface area contributed by atoms with E-state index in [9.17, 15) is 0 Å². The molecule has 0 amide bonds. The van der Waals surface area contributed by atoms with E-state index < -0.39 is 0 Å². The van der Waals surface area contributed by atoms with Crippen LogP contribution in [0.4, 0.5) is 0 Å². The van der Waals surface area contributed by atoms with Crippen LogP contribution in [0.25, 0.3) is 0 Å². The normalized spacial score (nSPS) is 10.1. The lowest BCUT2D eigenvalue weighted by molar-refractivity contribution is 0.640. The molecule has 0 aromatic heterocycles. The van der Waals surface area contributed by atoms with E-state index in [1.165, 1.54) is 0 Å². The van der Waals surface area contributed by atoms with Crippen LogP contribution < -0.4 is 0 Å². The van der Waals surface area contributed by atoms with Crippen molar-refractivity contribution in [2.45, 2.75) is 6.92 Å². The molecular formula is C5H12N2. The highest BCUT2D eigenvalue weighted by Gasteiger charge is 1.70. The molecule has 0 radical (unpaired) electrons. The molecule has 0 spiro atoms. The smallest absolute Gasteiger partial charge is 0.0844 e. The molecule has 0 fully saturated rings. The molecule has 0 aromatic rings. The number of hydrogen-bond acceptors (Lipinski definition) is 1. The molecule has 0 N–H and O–H groups in total. The summed E-state index contributed by atoms with van der Waals surface area (Å²) in [6.07, 6.45) is 1.81. The summed E-state index contributed by atoms with van der Waals surface area (Å²) in [6, 6.07) is 0. The van der Waals surface area contributed by atoms with Crippen molar-refractivity contribution in [1.82, 2.24) is 4.90 Å². The van der Waals surface area contributed by atoms with Gasteiger partial charge in [-0.05, 0) is 6.92 Å². The standard InChI is InChI=1S/C5H12N2/c1-4-6-5-7(2)3/h5H,4H2,1-3H3. The number of hydrogen-bond donors (Lipinski definition) is 0. The molecule has 0 aliphatic rings. The average molecular weight is 100 g/mol. The van der Waals surface area contributed by atoms with Gasteiger partial charge in [-0.25, -0.2) is 0 Å². The predicted molar refractivity (Wildman–Crippen MR) is 32.7 cm³/mol. The second-order valence-electron chi connectivity index (χ2n) is 1.58. The Morgan fingerprint density at radius 3 is 2.29 bits per heavy atom. The van der Waals surface area contributed by atoms with Gasteiger partial charge in [-0.15, -0.1) is 0 Å². The van der Waals surface area contributed by atoms with Crippen molar-refractivity contribution in [1.29, 1.82) is 0 Å². The second-order valence-corrected chi connectivity index (χ2v) is 1.58. The van der Waals surface area contributed by atoms with Crippen LogP contribution in [0.1, 0.15) is 6.92 Å². The van der Waals surface area contributed by atoms with Gasteiger partial charge in [0.15, 0.2) is 0 Å². The van der Waals surface area contributed by atoms with Gasteiger partial charge in [0.2, 0.25) is 0 Å². The van der Waals surface area contributed by atoms with Gasteiger partial charge in [0.25, 0.3) is 0 Å². The van der Waals surface area contributed by atoms with Gasteiger partial charge in [-0.1, -0.05) is 0 Å². The first-order chi connectivity index (χ1) is 3.27. The maximum Gasteiger partial charge on any atom is 0.0844 e. The first-order valence-electron chi connectivity index (χ1n) is 2.43. The minimum atomic E-state index is 0.873. The molecule has 42 valence electrons. The third kappa shape index (κ3) is 5.47. The van der Waals surface area contributed by atoms with E-state index in [1.54, 1.807) is 6.34 Å². The highest BCUT2D eigenvalue weighted by molar-refractivity contribution is 5.53. The van der Waals surface area contributed by atoms with Crippen molar-refractivity contribution in [2.24, 2.45) is 4.99 Å². The highest BCUT2D eigenvalue weighted by Crippen LogP contribution is 1.65. The molecule has 0 aromatic carbocycles. The number of nitrogens with zero attached hydrogens (tertiary/aromatic N) is 2. The lowest BCUT2D eigenvalue weighted by Crippen LogP contribution is -2.07. The summed E-state index contributed by atoms with van der Waals surface area (Å²) < 4.78 is 0. The molecular weight excluding hydrogens is 88.1 g/mol. The Hall–Kier alpha value is -0.530. The molecule has 0 bridgehead atoms. The van der Waals surface area contributed by atoms with E-state index in [0.717, 1.165) is 6.54 Å². The Balaban J connectivity index is 3.08. The highest BCUT2D eigenvalue weighted by atomic mass is 15.1. The minimum absolute atomic E-state index is 0.873. The largest absolute Gasteiger partial charge is 0.369 e. The summed E-state index contributed by atoms with van der Waals surface area (Å²) in [7, 11) is 3.92. The maximum absolute atomic E-state index is 3.97. The summed E-state index contributed by atoms with van der Waals surface area (Å²) in [4.78, 5) is 5.89. The molecule has 0 atom stereocenters. The maximum atomic E-state index is 3.97. The van der Waals surface area contributed by atoms with Crippen LogP contribution in [0, 0.1) is 0 Å². The summed E-state index contributed by atoms with van der Waals surface area (Å²) in [5, 5.41) is 0. The van der Waals surface area contributed by atoms with Crippen LogP contribution in [0.2, 0.25) is 0 Å². The quantitative estimate of drug-likeness (QED) is 0.366. The number of rotatable bonds is 2. The summed E-state index contributed by atoms with van der Waals surface area (Å²) >= 11 is 0. The van der Waals surface area contributed by atoms with Gasteiger partial charge < -0.3 is 4.90 Å². The van der Waals surface area contributed by atoms with E-state index in [0.29, 0.717) is 0 Å². The second kappa shape index (κ2) is 3.65. The zero-order chi connectivity index (χ0) is 5.70. The Bertz CT molecular complexity index is 57.1. The minimum Gasteiger partial charge on any atom is -0.369 e. The van der Waals surface area contributed by atoms with Crippen molar-refractivity contribution in [3.63, 3.8) is 0 Å². The third-order valence-electron chi connectivity index (χ3n) is 0.495. The molecule has 0 unspecified atom stereocenters. The van der Waals surface area contributed by atoms with Crippen LogP contribution in [-0.2, 0) is 0 Å². The van der Waals surface area contributed by atoms with Crippen molar-refractivity contribution in [3.8, 4) is 0 Å². The summed E-state index contributed by atoms with van der Waals surface area (Å²) in [5.74, 6) is 0. The average Bonchev–Trinajstić information content (AvgIpc) is 1.61. The van der Waals surface area contributed by atoms with Gasteiger partial charge in [-0.3, -0.25) is 4.99 Å². The van der Waals surface area contributed by atoms with E-state index in [2.05, 4.69) is 4.99 Å². The molecule has 7 heavy (non-hydrogen) atoms. The number of aliphatic imine (C=N–C) groups is 1. The first-order valence-corrected chi connectivity index (χ1v) is 2.43. The molecule has 0 heterocycles. The molecule has 0 aliphatic carbocycles. The van der Waals surface area contributed by atoms with Crippen LogP contribution in [0.3, 0.4) is 0 Å². The molecule has 0 saturated heterocycles. The Morgan fingerprint density at radius 1 is 1.57 bits per heavy atom. The SMILES string of the molecule is CCN=CN(C)C. The molecule has 0 saturated carbocycles. The van der Waals surface area contributed by atoms with Gasteiger partial charge >= 0.3 is 0 Å². The molecule has 0 aliphatic heterocycles. The lowest BCUT2D eigenvalue weighted by atomic mass is 10.8. The van der Waals surface area contributed by atoms with Crippen LogP contribution in [0.15, 0.2) is 4.99 Å². The zero-order valence-electron chi connectivity index (χ0n) is 5.18. The zero-order valence-corrected chi connectivity index (χ0v) is 5.18. The predicted octanol–water partition coefficient (Wildman–Crippen LogP) is 0.596. The van der Waals surface area contributed by atoms with E-state index in [4.69, 9.17) is 0 Å². The van der Waals surface area contributed by atoms with Crippen molar-refractivity contribution >= 4 is 6.34 Å². The molecule has 2 nitrogen and oxygen atoms in total. The van der Waals surface area contributed by atoms with Crippen LogP contribution in [0.5, 0.6) is 0 Å². The Morgan fingerprint density at radius 2 is 2.14 bits per heavy atom. The summed E-state index contributed by atoms with van der Waals surface area (Å²) in [5.41, 5.74) is 0. The van der Waals surface area contributed by atoms with Crippen molar-refractivity contribution in [2.75, 3.05) is 20.6 Å². The third-order valence-corrected chi connectivity index (χ3v) is 0.495. The topological polar surface area (TPSA) is 15.6 Å². The van der Waals surface area contributed by atoms with E-state index in [1.807, 2.05) is 25.9 Å². The van der Waals surface area contributed by atoms with Gasteiger partial charge in [0.1, 0.15) is 0 Å². The fourth-order valence-electron chi connectivity index (χ4n) is 0.245. The summed E-state index contributed by atoms with van der Waals surface area (Å²) in [6.45, 7) is 2.89. The Kier molecular flexibility index (Phi) is 3.38. The molecule has 0 rings (SSSR count). The van der Waals surface area contributed by atoms with Crippen molar-refractivity contribution < 1.29 is 0 Å². The van der Waals surface area contributed by atoms with E-state index >= 15 is 0 Å². The molecule has 2 heteroatoms. The lowest BCUT2D eigenvalue weighted by Gasteiger charge is -1.99. The van der Waals surface area contributed by atoms with Gasteiger partial charge in [0.05, 0.1) is 6.34 Å². The van der Waals surface area contributed by atoms with E-state index in [-0.39, 0.29) is 0 Å². The van der Waals surface area contributed by atoms with Crippen molar-refractivity contribution in [3.05, 3.63) is 0 Å². The monoisotopic (exact) mass is 100 g/mol. The first kappa shape index (κ1) is 6.47. The van der Waals surface area contributed by atoms with Gasteiger partial charge in [-0.2, -0.15) is 0 Å². The van der Waals surface area contributed by atoms with Gasteiger partial charge in [0, 0.05) is 20.6 Å². The fraction of sp³-hybridized carbons (Fsp3) is 0.800.